The summed E-state index contributed by atoms with van der Waals surface area (Å²) in [4.78, 5) is 4.28. The molecule has 16 heavy (non-hydrogen) atoms. The first-order valence-corrected chi connectivity index (χ1v) is 6.01. The van der Waals surface area contributed by atoms with Crippen LogP contribution in [0.1, 0.15) is 10.7 Å². The van der Waals surface area contributed by atoms with Crippen LogP contribution in [-0.4, -0.2) is 4.98 Å². The molecule has 0 spiro atoms. The van der Waals surface area contributed by atoms with Gasteiger partial charge in [-0.25, -0.2) is 9.37 Å². The zero-order valence-corrected chi connectivity index (χ0v) is 10.2. The molecule has 0 atom stereocenters. The highest BCUT2D eigenvalue weighted by Crippen LogP contribution is 2.20. The van der Waals surface area contributed by atoms with Crippen LogP contribution in [0.25, 0.3) is 0 Å². The molecule has 0 unspecified atom stereocenters. The first-order valence-electron chi connectivity index (χ1n) is 4.75. The van der Waals surface area contributed by atoms with Gasteiger partial charge in [0.05, 0.1) is 12.2 Å². The van der Waals surface area contributed by atoms with Crippen LogP contribution in [0.4, 0.5) is 10.1 Å². The Morgan fingerprint density at radius 3 is 2.94 bits per heavy atom. The van der Waals surface area contributed by atoms with E-state index in [9.17, 15) is 4.39 Å². The minimum atomic E-state index is -0.347. The van der Waals surface area contributed by atoms with E-state index in [2.05, 4.69) is 10.3 Å². The summed E-state index contributed by atoms with van der Waals surface area (Å²) >= 11 is 7.22. The van der Waals surface area contributed by atoms with Crippen molar-refractivity contribution >= 4 is 28.6 Å². The molecule has 1 heterocycles. The van der Waals surface area contributed by atoms with Crippen LogP contribution in [0, 0.1) is 12.7 Å². The molecule has 2 rings (SSSR count). The van der Waals surface area contributed by atoms with Gasteiger partial charge in [-0.3, -0.25) is 0 Å². The number of rotatable bonds is 3. The number of hydrogen-bond acceptors (Lipinski definition) is 3. The van der Waals surface area contributed by atoms with E-state index >= 15 is 0 Å². The minimum Gasteiger partial charge on any atom is -0.376 e. The third-order valence-electron chi connectivity index (χ3n) is 2.03. The van der Waals surface area contributed by atoms with Gasteiger partial charge in [0.2, 0.25) is 0 Å². The molecule has 84 valence electrons. The summed E-state index contributed by atoms with van der Waals surface area (Å²) in [6.45, 7) is 2.46. The Morgan fingerprint density at radius 2 is 2.31 bits per heavy atom. The van der Waals surface area contributed by atoms with Gasteiger partial charge in [-0.1, -0.05) is 11.6 Å². The maximum atomic E-state index is 13.4. The molecule has 1 N–H and O–H groups in total. The fourth-order valence-electron chi connectivity index (χ4n) is 1.29. The predicted octanol–water partition coefficient (Wildman–Crippen LogP) is 3.86. The molecule has 1 aromatic heterocycles. The third kappa shape index (κ3) is 2.71. The largest absolute Gasteiger partial charge is 0.376 e. The van der Waals surface area contributed by atoms with Crippen LogP contribution in [-0.2, 0) is 6.54 Å². The summed E-state index contributed by atoms with van der Waals surface area (Å²) in [5.74, 6) is -0.347. The molecular weight excluding hydrogens is 247 g/mol. The number of nitrogens with zero attached hydrogens (tertiary/aromatic N) is 1. The molecule has 5 heteroatoms. The smallest absolute Gasteiger partial charge is 0.147 e. The standard InChI is InChI=1S/C11H10ClFN2S/c1-7-6-16-11(15-7)5-14-10-3-2-8(12)4-9(10)13/h2-4,6,14H,5H2,1H3. The Balaban J connectivity index is 2.04. The first kappa shape index (κ1) is 11.4. The minimum absolute atomic E-state index is 0.347. The fourth-order valence-corrected chi connectivity index (χ4v) is 2.16. The molecule has 0 aliphatic rings. The van der Waals surface area contributed by atoms with Crippen molar-refractivity contribution in [3.8, 4) is 0 Å². The van der Waals surface area contributed by atoms with Gasteiger partial charge in [0, 0.05) is 16.1 Å². The van der Waals surface area contributed by atoms with Gasteiger partial charge < -0.3 is 5.32 Å². The monoisotopic (exact) mass is 256 g/mol. The maximum absolute atomic E-state index is 13.4. The molecule has 0 fully saturated rings. The number of thiazole rings is 1. The Labute approximate surface area is 102 Å². The average Bonchev–Trinajstić information content (AvgIpc) is 2.63. The van der Waals surface area contributed by atoms with Gasteiger partial charge in [0.15, 0.2) is 0 Å². The zero-order chi connectivity index (χ0) is 11.5. The highest BCUT2D eigenvalue weighted by atomic mass is 35.5. The Morgan fingerprint density at radius 1 is 1.50 bits per heavy atom. The van der Waals surface area contributed by atoms with Crippen LogP contribution in [0.3, 0.4) is 0 Å². The van der Waals surface area contributed by atoms with Gasteiger partial charge in [-0.15, -0.1) is 11.3 Å². The van der Waals surface area contributed by atoms with Gasteiger partial charge in [-0.05, 0) is 25.1 Å². The van der Waals surface area contributed by atoms with Crippen LogP contribution in [0.15, 0.2) is 23.6 Å². The van der Waals surface area contributed by atoms with E-state index in [-0.39, 0.29) is 5.82 Å². The number of aromatic nitrogens is 1. The van der Waals surface area contributed by atoms with E-state index in [1.54, 1.807) is 23.5 Å². The van der Waals surface area contributed by atoms with Crippen molar-refractivity contribution in [3.63, 3.8) is 0 Å². The molecule has 1 aromatic carbocycles. The van der Waals surface area contributed by atoms with Crippen LogP contribution in [0.5, 0.6) is 0 Å². The fraction of sp³-hybridized carbons (Fsp3) is 0.182. The zero-order valence-electron chi connectivity index (χ0n) is 8.63. The number of benzene rings is 1. The molecule has 0 saturated heterocycles. The van der Waals surface area contributed by atoms with E-state index in [1.807, 2.05) is 12.3 Å². The quantitative estimate of drug-likeness (QED) is 0.902. The highest BCUT2D eigenvalue weighted by molar-refractivity contribution is 7.09. The molecular formula is C11H10ClFN2S. The van der Waals surface area contributed by atoms with Gasteiger partial charge in [0.25, 0.3) is 0 Å². The lowest BCUT2D eigenvalue weighted by Crippen LogP contribution is -2.00. The maximum Gasteiger partial charge on any atom is 0.147 e. The van der Waals surface area contributed by atoms with Crippen molar-refractivity contribution in [2.75, 3.05) is 5.32 Å². The van der Waals surface area contributed by atoms with Crippen LogP contribution < -0.4 is 5.32 Å². The lowest BCUT2D eigenvalue weighted by atomic mass is 10.3. The summed E-state index contributed by atoms with van der Waals surface area (Å²) in [6.07, 6.45) is 0. The van der Waals surface area contributed by atoms with Gasteiger partial charge in [-0.2, -0.15) is 0 Å². The summed E-state index contributed by atoms with van der Waals surface area (Å²) in [6, 6.07) is 4.56. The van der Waals surface area contributed by atoms with Crippen molar-refractivity contribution in [2.45, 2.75) is 13.5 Å². The Kier molecular flexibility index (Phi) is 3.41. The van der Waals surface area contributed by atoms with Crippen molar-refractivity contribution in [1.82, 2.24) is 4.98 Å². The SMILES string of the molecule is Cc1csc(CNc2ccc(Cl)cc2F)n1. The molecule has 2 nitrogen and oxygen atoms in total. The highest BCUT2D eigenvalue weighted by Gasteiger charge is 2.03. The summed E-state index contributed by atoms with van der Waals surface area (Å²) < 4.78 is 13.4. The first-order chi connectivity index (χ1) is 7.65. The lowest BCUT2D eigenvalue weighted by Gasteiger charge is -2.05. The predicted molar refractivity (Wildman–Crippen MR) is 65.6 cm³/mol. The van der Waals surface area contributed by atoms with E-state index in [1.165, 1.54) is 6.07 Å². The molecule has 0 radical (unpaired) electrons. The number of halogens is 2. The summed E-state index contributed by atoms with van der Waals surface area (Å²) in [5, 5.41) is 6.28. The third-order valence-corrected chi connectivity index (χ3v) is 3.23. The summed E-state index contributed by atoms with van der Waals surface area (Å²) in [7, 11) is 0. The Hall–Kier alpha value is -1.13. The molecule has 0 aliphatic heterocycles. The van der Waals surface area contributed by atoms with E-state index in [0.717, 1.165) is 10.7 Å². The number of nitrogens with one attached hydrogen (secondary N) is 1. The summed E-state index contributed by atoms with van der Waals surface area (Å²) in [5.41, 5.74) is 1.43. The molecule has 0 bridgehead atoms. The molecule has 2 aromatic rings. The van der Waals surface area contributed by atoms with Crippen molar-refractivity contribution in [1.29, 1.82) is 0 Å². The molecule has 0 amide bonds. The average molecular weight is 257 g/mol. The van der Waals surface area contributed by atoms with E-state index in [4.69, 9.17) is 11.6 Å². The topological polar surface area (TPSA) is 24.9 Å². The second-order valence-electron chi connectivity index (χ2n) is 3.36. The molecule has 0 aliphatic carbocycles. The Bertz CT molecular complexity index is 498. The molecule has 0 saturated carbocycles. The van der Waals surface area contributed by atoms with Crippen LogP contribution >= 0.6 is 22.9 Å². The number of hydrogen-bond donors (Lipinski definition) is 1. The van der Waals surface area contributed by atoms with E-state index in [0.29, 0.717) is 17.3 Å². The number of aryl methyl sites for hydroxylation is 1. The second kappa shape index (κ2) is 4.80. The van der Waals surface area contributed by atoms with Crippen molar-refractivity contribution in [2.24, 2.45) is 0 Å². The van der Waals surface area contributed by atoms with Gasteiger partial charge in [0.1, 0.15) is 10.8 Å². The normalized spacial score (nSPS) is 10.4. The van der Waals surface area contributed by atoms with Gasteiger partial charge >= 0.3 is 0 Å². The van der Waals surface area contributed by atoms with Crippen molar-refractivity contribution in [3.05, 3.63) is 45.1 Å². The lowest BCUT2D eigenvalue weighted by molar-refractivity contribution is 0.630. The van der Waals surface area contributed by atoms with E-state index < -0.39 is 0 Å². The number of anilines is 1. The van der Waals surface area contributed by atoms with Crippen LogP contribution in [0.2, 0.25) is 5.02 Å². The van der Waals surface area contributed by atoms with Crippen molar-refractivity contribution < 1.29 is 4.39 Å². The second-order valence-corrected chi connectivity index (χ2v) is 4.74.